The monoisotopic (exact) mass is 180 g/mol. The Morgan fingerprint density at radius 2 is 2.25 bits per heavy atom. The van der Waals surface area contributed by atoms with Crippen molar-refractivity contribution in [2.24, 2.45) is 0 Å². The van der Waals surface area contributed by atoms with E-state index in [0.29, 0.717) is 10.5 Å². The van der Waals surface area contributed by atoms with Crippen LogP contribution in [0.2, 0.25) is 0 Å². The Balaban J connectivity index is 3.31. The average molecular weight is 180 g/mol. The number of phenols is 1. The van der Waals surface area contributed by atoms with E-state index in [1.165, 1.54) is 17.8 Å². The van der Waals surface area contributed by atoms with Gasteiger partial charge in [0.1, 0.15) is 0 Å². The molecule has 0 aliphatic heterocycles. The summed E-state index contributed by atoms with van der Waals surface area (Å²) < 4.78 is 0. The Labute approximate surface area is 74.8 Å². The number of hydrogen-bond acceptors (Lipinski definition) is 4. The number of nitriles is 1. The molecule has 1 aromatic rings. The summed E-state index contributed by atoms with van der Waals surface area (Å²) in [5.41, 5.74) is 6.17. The molecule has 0 saturated carbocycles. The van der Waals surface area contributed by atoms with Gasteiger partial charge in [-0.25, -0.2) is 0 Å². The molecule has 4 heteroatoms. The highest BCUT2D eigenvalue weighted by atomic mass is 32.2. The predicted molar refractivity (Wildman–Crippen MR) is 49.0 cm³/mol. The number of phenolic OH excluding ortho intramolecular Hbond substituents is 1. The van der Waals surface area contributed by atoms with Gasteiger partial charge < -0.3 is 10.8 Å². The third-order valence-electron chi connectivity index (χ3n) is 1.45. The van der Waals surface area contributed by atoms with Crippen molar-refractivity contribution in [3.8, 4) is 11.8 Å². The third-order valence-corrected chi connectivity index (χ3v) is 2.20. The van der Waals surface area contributed by atoms with Crippen molar-refractivity contribution >= 4 is 17.4 Å². The lowest BCUT2D eigenvalue weighted by atomic mass is 10.2. The third kappa shape index (κ3) is 1.46. The first-order valence-corrected chi connectivity index (χ1v) is 4.48. The Hall–Kier alpha value is -1.34. The summed E-state index contributed by atoms with van der Waals surface area (Å²) in [7, 11) is 0. The van der Waals surface area contributed by atoms with Crippen LogP contribution < -0.4 is 5.73 Å². The molecular formula is C8H8N2OS. The van der Waals surface area contributed by atoms with Gasteiger partial charge in [-0.15, -0.1) is 11.8 Å². The van der Waals surface area contributed by atoms with E-state index in [1.54, 1.807) is 6.07 Å². The highest BCUT2D eigenvalue weighted by Crippen LogP contribution is 2.32. The van der Waals surface area contributed by atoms with Gasteiger partial charge in [-0.05, 0) is 18.4 Å². The molecule has 0 fully saturated rings. The van der Waals surface area contributed by atoms with Crippen LogP contribution in [0, 0.1) is 11.3 Å². The maximum atomic E-state index is 9.36. The Morgan fingerprint density at radius 1 is 1.58 bits per heavy atom. The summed E-state index contributed by atoms with van der Waals surface area (Å²) in [5, 5.41) is 17.9. The first kappa shape index (κ1) is 8.75. The molecule has 0 bridgehead atoms. The van der Waals surface area contributed by atoms with Crippen molar-refractivity contribution in [3.05, 3.63) is 17.7 Å². The average Bonchev–Trinajstić information content (AvgIpc) is 2.09. The Kier molecular flexibility index (Phi) is 2.46. The number of hydrogen-bond donors (Lipinski definition) is 2. The smallest absolute Gasteiger partial charge is 0.152 e. The summed E-state index contributed by atoms with van der Waals surface area (Å²) in [6.45, 7) is 0. The maximum absolute atomic E-state index is 9.36. The van der Waals surface area contributed by atoms with Crippen LogP contribution >= 0.6 is 11.8 Å². The lowest BCUT2D eigenvalue weighted by Crippen LogP contribution is -1.88. The van der Waals surface area contributed by atoms with E-state index < -0.39 is 0 Å². The van der Waals surface area contributed by atoms with Crippen LogP contribution in [0.5, 0.6) is 5.75 Å². The molecule has 12 heavy (non-hydrogen) atoms. The van der Waals surface area contributed by atoms with E-state index in [2.05, 4.69) is 0 Å². The Bertz CT molecular complexity index is 344. The molecule has 0 radical (unpaired) electrons. The van der Waals surface area contributed by atoms with Crippen molar-refractivity contribution in [2.75, 3.05) is 12.0 Å². The molecule has 0 aliphatic rings. The zero-order chi connectivity index (χ0) is 9.14. The molecule has 0 aliphatic carbocycles. The van der Waals surface area contributed by atoms with Crippen LogP contribution in [0.3, 0.4) is 0 Å². The lowest BCUT2D eigenvalue weighted by molar-refractivity contribution is 0.465. The number of thioether (sulfide) groups is 1. The van der Waals surface area contributed by atoms with Crippen molar-refractivity contribution in [3.63, 3.8) is 0 Å². The van der Waals surface area contributed by atoms with E-state index in [4.69, 9.17) is 11.0 Å². The van der Waals surface area contributed by atoms with Gasteiger partial charge in [-0.3, -0.25) is 0 Å². The first-order chi connectivity index (χ1) is 5.69. The van der Waals surface area contributed by atoms with Gasteiger partial charge in [-0.2, -0.15) is 5.26 Å². The van der Waals surface area contributed by atoms with E-state index in [9.17, 15) is 5.11 Å². The second-order valence-corrected chi connectivity index (χ2v) is 3.08. The molecule has 0 aromatic heterocycles. The minimum absolute atomic E-state index is 0.0569. The topological polar surface area (TPSA) is 70.0 Å². The standard InChI is InChI=1S/C8H8N2OS/c1-12-7-3-5(4-9)2-6(10)8(7)11/h2-3,11H,10H2,1H3. The van der Waals surface area contributed by atoms with Crippen molar-refractivity contribution in [1.82, 2.24) is 0 Å². The molecule has 62 valence electrons. The van der Waals surface area contributed by atoms with E-state index in [0.717, 1.165) is 0 Å². The van der Waals surface area contributed by atoms with Gasteiger partial charge in [0.2, 0.25) is 0 Å². The van der Waals surface area contributed by atoms with Crippen molar-refractivity contribution in [1.29, 1.82) is 5.26 Å². The molecule has 0 unspecified atom stereocenters. The van der Waals surface area contributed by atoms with Crippen LogP contribution in [0.4, 0.5) is 5.69 Å². The summed E-state index contributed by atoms with van der Waals surface area (Å²) in [5.74, 6) is 0.0569. The lowest BCUT2D eigenvalue weighted by Gasteiger charge is -2.03. The zero-order valence-corrected chi connectivity index (χ0v) is 7.35. The highest BCUT2D eigenvalue weighted by molar-refractivity contribution is 7.98. The van der Waals surface area contributed by atoms with Crippen molar-refractivity contribution in [2.45, 2.75) is 4.90 Å². The SMILES string of the molecule is CSc1cc(C#N)cc(N)c1O. The van der Waals surface area contributed by atoms with Crippen LogP contribution in [-0.2, 0) is 0 Å². The van der Waals surface area contributed by atoms with Crippen LogP contribution in [-0.4, -0.2) is 11.4 Å². The number of rotatable bonds is 1. The predicted octanol–water partition coefficient (Wildman–Crippen LogP) is 1.57. The molecule has 0 spiro atoms. The van der Waals surface area contributed by atoms with Gasteiger partial charge in [0.05, 0.1) is 22.2 Å². The molecule has 0 saturated heterocycles. The van der Waals surface area contributed by atoms with E-state index in [-0.39, 0.29) is 11.4 Å². The first-order valence-electron chi connectivity index (χ1n) is 3.25. The quantitative estimate of drug-likeness (QED) is 0.391. The zero-order valence-electron chi connectivity index (χ0n) is 6.53. The molecule has 1 rings (SSSR count). The molecule has 0 atom stereocenters. The van der Waals surface area contributed by atoms with Gasteiger partial charge in [0.15, 0.2) is 5.75 Å². The summed E-state index contributed by atoms with van der Waals surface area (Å²) in [6.07, 6.45) is 1.82. The number of benzene rings is 1. The molecule has 0 heterocycles. The molecule has 3 nitrogen and oxygen atoms in total. The fourth-order valence-corrected chi connectivity index (χ4v) is 1.41. The van der Waals surface area contributed by atoms with Gasteiger partial charge in [0, 0.05) is 0 Å². The fourth-order valence-electron chi connectivity index (χ4n) is 0.850. The van der Waals surface area contributed by atoms with Crippen LogP contribution in [0.25, 0.3) is 0 Å². The van der Waals surface area contributed by atoms with Gasteiger partial charge in [-0.1, -0.05) is 0 Å². The Morgan fingerprint density at radius 3 is 2.75 bits per heavy atom. The fraction of sp³-hybridized carbons (Fsp3) is 0.125. The maximum Gasteiger partial charge on any atom is 0.152 e. The van der Waals surface area contributed by atoms with Gasteiger partial charge >= 0.3 is 0 Å². The van der Waals surface area contributed by atoms with Gasteiger partial charge in [0.25, 0.3) is 0 Å². The minimum Gasteiger partial charge on any atom is -0.505 e. The summed E-state index contributed by atoms with van der Waals surface area (Å²) >= 11 is 1.36. The van der Waals surface area contributed by atoms with Crippen LogP contribution in [0.15, 0.2) is 17.0 Å². The number of nitrogens with two attached hydrogens (primary N) is 1. The minimum atomic E-state index is 0.0569. The molecule has 1 aromatic carbocycles. The number of aromatic hydroxyl groups is 1. The summed E-state index contributed by atoms with van der Waals surface area (Å²) in [6, 6.07) is 5.03. The normalized spacial score (nSPS) is 9.33. The molecule has 0 amide bonds. The number of nitrogen functional groups attached to an aromatic ring is 1. The summed E-state index contributed by atoms with van der Waals surface area (Å²) in [4.78, 5) is 0.631. The highest BCUT2D eigenvalue weighted by Gasteiger charge is 2.05. The van der Waals surface area contributed by atoms with E-state index in [1.807, 2.05) is 12.3 Å². The van der Waals surface area contributed by atoms with E-state index >= 15 is 0 Å². The number of anilines is 1. The molecular weight excluding hydrogens is 172 g/mol. The second-order valence-electron chi connectivity index (χ2n) is 2.23. The van der Waals surface area contributed by atoms with Crippen LogP contribution in [0.1, 0.15) is 5.56 Å². The largest absolute Gasteiger partial charge is 0.505 e. The second kappa shape index (κ2) is 3.37. The molecule has 3 N–H and O–H groups in total. The number of nitrogens with zero attached hydrogens (tertiary/aromatic N) is 1. The van der Waals surface area contributed by atoms with Crippen molar-refractivity contribution < 1.29 is 5.11 Å².